The smallest absolute Gasteiger partial charge is 0.338 e. The second kappa shape index (κ2) is 10.2. The molecule has 0 saturated carbocycles. The van der Waals surface area contributed by atoms with Crippen LogP contribution in [0.25, 0.3) is 0 Å². The van der Waals surface area contributed by atoms with Crippen molar-refractivity contribution in [3.05, 3.63) is 99.1 Å². The Morgan fingerprint density at radius 1 is 1.00 bits per heavy atom. The molecule has 3 aromatic rings. The number of halogens is 1. The summed E-state index contributed by atoms with van der Waals surface area (Å²) in [6.45, 7) is -0.185. The number of nitro groups is 1. The van der Waals surface area contributed by atoms with E-state index in [-0.39, 0.29) is 22.0 Å². The first-order valence-corrected chi connectivity index (χ1v) is 9.48. The van der Waals surface area contributed by atoms with Crippen molar-refractivity contribution in [2.45, 2.75) is 6.61 Å². The molecular formula is C22H17ClN2O6. The molecule has 0 aliphatic rings. The molecule has 31 heavy (non-hydrogen) atoms. The van der Waals surface area contributed by atoms with Crippen LogP contribution in [0, 0.1) is 10.1 Å². The van der Waals surface area contributed by atoms with Gasteiger partial charge in [-0.15, -0.1) is 0 Å². The van der Waals surface area contributed by atoms with Crippen molar-refractivity contribution in [2.24, 2.45) is 0 Å². The van der Waals surface area contributed by atoms with E-state index in [0.717, 1.165) is 11.6 Å². The quantitative estimate of drug-likeness (QED) is 0.311. The van der Waals surface area contributed by atoms with E-state index >= 15 is 0 Å². The molecule has 1 N–H and O–H groups in total. The Morgan fingerprint density at radius 2 is 1.71 bits per heavy atom. The van der Waals surface area contributed by atoms with Crippen molar-refractivity contribution in [2.75, 3.05) is 11.9 Å². The van der Waals surface area contributed by atoms with Gasteiger partial charge in [-0.3, -0.25) is 14.9 Å². The lowest BCUT2D eigenvalue weighted by molar-refractivity contribution is -0.384. The maximum atomic E-state index is 12.1. The fraction of sp³-hybridized carbons (Fsp3) is 0.0909. The van der Waals surface area contributed by atoms with Gasteiger partial charge in [-0.1, -0.05) is 41.9 Å². The number of hydrogen-bond donors (Lipinski definition) is 1. The average molecular weight is 441 g/mol. The zero-order chi connectivity index (χ0) is 22.2. The van der Waals surface area contributed by atoms with Crippen LogP contribution in [0.1, 0.15) is 15.9 Å². The molecule has 8 nitrogen and oxygen atoms in total. The molecule has 0 saturated heterocycles. The Labute approximate surface area is 182 Å². The predicted octanol–water partition coefficient (Wildman–Crippen LogP) is 4.62. The van der Waals surface area contributed by atoms with Gasteiger partial charge in [-0.25, -0.2) is 4.79 Å². The van der Waals surface area contributed by atoms with Gasteiger partial charge in [0, 0.05) is 12.1 Å². The molecule has 9 heteroatoms. The third kappa shape index (κ3) is 6.28. The first kappa shape index (κ1) is 21.8. The highest BCUT2D eigenvalue weighted by atomic mass is 35.5. The van der Waals surface area contributed by atoms with Crippen molar-refractivity contribution < 1.29 is 24.0 Å². The molecule has 0 aliphatic heterocycles. The van der Waals surface area contributed by atoms with E-state index in [1.54, 1.807) is 12.1 Å². The Hall–Kier alpha value is -3.91. The number of nitrogens with zero attached hydrogens (tertiary/aromatic N) is 1. The summed E-state index contributed by atoms with van der Waals surface area (Å²) >= 11 is 5.93. The summed E-state index contributed by atoms with van der Waals surface area (Å²) in [6, 6.07) is 19.6. The molecular weight excluding hydrogens is 424 g/mol. The molecule has 0 heterocycles. The molecule has 0 atom stereocenters. The van der Waals surface area contributed by atoms with Gasteiger partial charge in [0.25, 0.3) is 11.6 Å². The topological polar surface area (TPSA) is 108 Å². The van der Waals surface area contributed by atoms with E-state index in [9.17, 15) is 19.7 Å². The van der Waals surface area contributed by atoms with Gasteiger partial charge in [0.1, 0.15) is 12.4 Å². The summed E-state index contributed by atoms with van der Waals surface area (Å²) < 4.78 is 10.6. The zero-order valence-electron chi connectivity index (χ0n) is 16.1. The highest BCUT2D eigenvalue weighted by Gasteiger charge is 2.14. The number of benzene rings is 3. The Kier molecular flexibility index (Phi) is 7.18. The van der Waals surface area contributed by atoms with Crippen LogP contribution in [0.4, 0.5) is 11.4 Å². The van der Waals surface area contributed by atoms with Gasteiger partial charge < -0.3 is 14.8 Å². The van der Waals surface area contributed by atoms with E-state index in [4.69, 9.17) is 21.1 Å². The van der Waals surface area contributed by atoms with E-state index < -0.39 is 23.4 Å². The van der Waals surface area contributed by atoms with Crippen LogP contribution in [-0.2, 0) is 16.1 Å². The third-order valence-electron chi connectivity index (χ3n) is 4.11. The van der Waals surface area contributed by atoms with Crippen molar-refractivity contribution >= 4 is 34.9 Å². The summed E-state index contributed by atoms with van der Waals surface area (Å²) in [5.74, 6) is -0.799. The van der Waals surface area contributed by atoms with Gasteiger partial charge in [0.2, 0.25) is 0 Å². The number of esters is 1. The number of carbonyl (C=O) groups excluding carboxylic acids is 2. The molecule has 0 bridgehead atoms. The van der Waals surface area contributed by atoms with E-state index in [0.29, 0.717) is 12.4 Å². The molecule has 0 unspecified atom stereocenters. The SMILES string of the molecule is O=C(COC(=O)c1ccc(OCc2ccccc2)cc1)Nc1cc([N+](=O)[O-])ccc1Cl. The Balaban J connectivity index is 1.50. The molecule has 3 aromatic carbocycles. The van der Waals surface area contributed by atoms with Gasteiger partial charge in [-0.05, 0) is 35.9 Å². The highest BCUT2D eigenvalue weighted by Crippen LogP contribution is 2.26. The third-order valence-corrected chi connectivity index (χ3v) is 4.44. The van der Waals surface area contributed by atoms with E-state index in [2.05, 4.69) is 5.32 Å². The van der Waals surface area contributed by atoms with Crippen LogP contribution in [-0.4, -0.2) is 23.4 Å². The molecule has 1 amide bonds. The molecule has 0 aliphatic carbocycles. The van der Waals surface area contributed by atoms with Crippen LogP contribution in [0.3, 0.4) is 0 Å². The van der Waals surface area contributed by atoms with Crippen LogP contribution < -0.4 is 10.1 Å². The number of rotatable bonds is 8. The second-order valence-electron chi connectivity index (χ2n) is 6.34. The lowest BCUT2D eigenvalue weighted by Gasteiger charge is -2.09. The summed E-state index contributed by atoms with van der Waals surface area (Å²) in [4.78, 5) is 34.4. The molecule has 0 aromatic heterocycles. The summed E-state index contributed by atoms with van der Waals surface area (Å²) in [5, 5.41) is 13.3. The number of ether oxygens (including phenoxy) is 2. The molecule has 158 valence electrons. The maximum Gasteiger partial charge on any atom is 0.338 e. The fourth-order valence-electron chi connectivity index (χ4n) is 2.55. The average Bonchev–Trinajstić information content (AvgIpc) is 2.78. The van der Waals surface area contributed by atoms with E-state index in [1.165, 1.54) is 24.3 Å². The van der Waals surface area contributed by atoms with Crippen molar-refractivity contribution in [3.63, 3.8) is 0 Å². The first-order chi connectivity index (χ1) is 14.9. The van der Waals surface area contributed by atoms with E-state index in [1.807, 2.05) is 30.3 Å². The summed E-state index contributed by atoms with van der Waals surface area (Å²) in [5.41, 5.74) is 1.08. The van der Waals surface area contributed by atoms with Crippen LogP contribution in [0.2, 0.25) is 5.02 Å². The van der Waals surface area contributed by atoms with Crippen LogP contribution in [0.5, 0.6) is 5.75 Å². The molecule has 0 fully saturated rings. The highest BCUT2D eigenvalue weighted by molar-refractivity contribution is 6.33. The predicted molar refractivity (Wildman–Crippen MR) is 114 cm³/mol. The monoisotopic (exact) mass is 440 g/mol. The van der Waals surface area contributed by atoms with Crippen molar-refractivity contribution in [1.82, 2.24) is 0 Å². The number of nitro benzene ring substituents is 1. The number of carbonyl (C=O) groups is 2. The molecule has 3 rings (SSSR count). The first-order valence-electron chi connectivity index (χ1n) is 9.10. The zero-order valence-corrected chi connectivity index (χ0v) is 16.9. The lowest BCUT2D eigenvalue weighted by Crippen LogP contribution is -2.21. The molecule has 0 radical (unpaired) electrons. The van der Waals surface area contributed by atoms with Gasteiger partial charge >= 0.3 is 5.97 Å². The van der Waals surface area contributed by atoms with Crippen LogP contribution >= 0.6 is 11.6 Å². The standard InChI is InChI=1S/C22H17ClN2O6/c23-19-11-8-17(25(28)29)12-20(19)24-21(26)14-31-22(27)16-6-9-18(10-7-16)30-13-15-4-2-1-3-5-15/h1-12H,13-14H2,(H,24,26). The van der Waals surface area contributed by atoms with Gasteiger partial charge in [0.05, 0.1) is 21.2 Å². The minimum absolute atomic E-state index is 0.0526. The maximum absolute atomic E-state index is 12.1. The largest absolute Gasteiger partial charge is 0.489 e. The van der Waals surface area contributed by atoms with Crippen molar-refractivity contribution in [3.8, 4) is 5.75 Å². The van der Waals surface area contributed by atoms with Crippen LogP contribution in [0.15, 0.2) is 72.8 Å². The van der Waals surface area contributed by atoms with Gasteiger partial charge in [-0.2, -0.15) is 0 Å². The van der Waals surface area contributed by atoms with Gasteiger partial charge in [0.15, 0.2) is 6.61 Å². The Morgan fingerprint density at radius 3 is 2.39 bits per heavy atom. The second-order valence-corrected chi connectivity index (χ2v) is 6.75. The normalized spacial score (nSPS) is 10.2. The molecule has 0 spiro atoms. The number of non-ortho nitro benzene ring substituents is 1. The Bertz CT molecular complexity index is 1090. The number of amides is 1. The number of nitrogens with one attached hydrogen (secondary N) is 1. The minimum atomic E-state index is -0.699. The number of hydrogen-bond acceptors (Lipinski definition) is 6. The summed E-state index contributed by atoms with van der Waals surface area (Å²) in [6.07, 6.45) is 0. The lowest BCUT2D eigenvalue weighted by atomic mass is 10.2. The summed E-state index contributed by atoms with van der Waals surface area (Å²) in [7, 11) is 0. The fourth-order valence-corrected chi connectivity index (χ4v) is 2.72. The minimum Gasteiger partial charge on any atom is -0.489 e. The number of anilines is 1. The van der Waals surface area contributed by atoms with Crippen molar-refractivity contribution in [1.29, 1.82) is 0 Å².